The zero-order valence-electron chi connectivity index (χ0n) is 16.7. The van der Waals surface area contributed by atoms with Gasteiger partial charge >= 0.3 is 11.9 Å². The lowest BCUT2D eigenvalue weighted by Gasteiger charge is -2.20. The van der Waals surface area contributed by atoms with Crippen molar-refractivity contribution in [3.63, 3.8) is 0 Å². The quantitative estimate of drug-likeness (QED) is 0.372. The van der Waals surface area contributed by atoms with E-state index in [2.05, 4.69) is 0 Å². The van der Waals surface area contributed by atoms with Gasteiger partial charge in [0.05, 0.1) is 15.1 Å². The number of aryl methyl sites for hydroxylation is 1. The summed E-state index contributed by atoms with van der Waals surface area (Å²) >= 11 is 19.1. The number of rotatable bonds is 4. The molecule has 3 rings (SSSR count). The van der Waals surface area contributed by atoms with Gasteiger partial charge in [-0.1, -0.05) is 34.8 Å². The molecule has 1 aliphatic rings. The molecule has 2 aromatic rings. The minimum atomic E-state index is -1.42. The third-order valence-electron chi connectivity index (χ3n) is 4.91. The average molecular weight is 494 g/mol. The molecule has 0 saturated heterocycles. The van der Waals surface area contributed by atoms with Gasteiger partial charge in [-0.25, -0.2) is 9.59 Å². The highest BCUT2D eigenvalue weighted by atomic mass is 35.5. The largest absolute Gasteiger partial charge is 0.507 e. The Bertz CT molecular complexity index is 1300. The minimum absolute atomic E-state index is 0.0532. The second kappa shape index (κ2) is 8.82. The second-order valence-electron chi connectivity index (χ2n) is 7.06. The van der Waals surface area contributed by atoms with Crippen LogP contribution in [-0.2, 0) is 9.59 Å². The number of carbonyl (C=O) groups excluding carboxylic acids is 1. The number of allylic oxidation sites excluding steroid dienone is 4. The molecule has 32 heavy (non-hydrogen) atoms. The van der Waals surface area contributed by atoms with E-state index in [4.69, 9.17) is 34.8 Å². The zero-order chi connectivity index (χ0) is 23.9. The van der Waals surface area contributed by atoms with Gasteiger partial charge in [0.1, 0.15) is 16.9 Å². The highest BCUT2D eigenvalue weighted by molar-refractivity contribution is 6.45. The van der Waals surface area contributed by atoms with Crippen LogP contribution in [0.4, 0.5) is 0 Å². The van der Waals surface area contributed by atoms with Crippen molar-refractivity contribution in [3.8, 4) is 5.75 Å². The van der Waals surface area contributed by atoms with Crippen LogP contribution in [0, 0.1) is 6.92 Å². The number of halogens is 3. The van der Waals surface area contributed by atoms with Crippen molar-refractivity contribution < 1.29 is 29.7 Å². The zero-order valence-corrected chi connectivity index (χ0v) is 18.9. The van der Waals surface area contributed by atoms with E-state index < -0.39 is 29.0 Å². The van der Waals surface area contributed by atoms with Crippen LogP contribution in [0.25, 0.3) is 5.57 Å². The molecule has 0 atom stereocenters. The summed E-state index contributed by atoms with van der Waals surface area (Å²) in [5, 5.41) is 29.6. The molecular formula is C23H15Cl3O6. The molecule has 6 nitrogen and oxygen atoms in total. The number of phenols is 1. The van der Waals surface area contributed by atoms with Crippen LogP contribution < -0.4 is 0 Å². The van der Waals surface area contributed by atoms with Crippen LogP contribution >= 0.6 is 34.8 Å². The van der Waals surface area contributed by atoms with Crippen LogP contribution in [0.15, 0.2) is 53.1 Å². The van der Waals surface area contributed by atoms with E-state index in [1.54, 1.807) is 0 Å². The predicted octanol–water partition coefficient (Wildman–Crippen LogP) is 5.70. The van der Waals surface area contributed by atoms with Gasteiger partial charge in [0.25, 0.3) is 0 Å². The normalized spacial score (nSPS) is 15.2. The minimum Gasteiger partial charge on any atom is -0.507 e. The molecule has 0 aliphatic heterocycles. The molecule has 0 bridgehead atoms. The summed E-state index contributed by atoms with van der Waals surface area (Å²) in [5.41, 5.74) is 0.562. The summed E-state index contributed by atoms with van der Waals surface area (Å²) in [6.07, 6.45) is 2.63. The average Bonchev–Trinajstić information content (AvgIpc) is 2.71. The SMILES string of the molecule is CC1=C/C(=C(/c2cc(C)c(O)c(C(=O)O)c2)c2c(Cl)ccc(Cl)c2Cl)C=C(C(=O)O)C1=O. The fourth-order valence-corrected chi connectivity index (χ4v) is 4.09. The third kappa shape index (κ3) is 4.17. The fraction of sp³-hybridized carbons (Fsp3) is 0.0870. The number of hydrogen-bond donors (Lipinski definition) is 3. The maximum atomic E-state index is 12.3. The Morgan fingerprint density at radius 2 is 1.53 bits per heavy atom. The number of carboxylic acids is 2. The molecule has 164 valence electrons. The molecule has 9 heteroatoms. The first-order valence-corrected chi connectivity index (χ1v) is 10.2. The summed E-state index contributed by atoms with van der Waals surface area (Å²) in [7, 11) is 0. The fourth-order valence-electron chi connectivity index (χ4n) is 3.38. The van der Waals surface area contributed by atoms with E-state index in [1.807, 2.05) is 0 Å². The van der Waals surface area contributed by atoms with Gasteiger partial charge in [-0.15, -0.1) is 0 Å². The van der Waals surface area contributed by atoms with Crippen molar-refractivity contribution in [2.24, 2.45) is 0 Å². The number of benzene rings is 2. The standard InChI is InChI=1S/C23H15Cl3O6/c1-9-5-11(7-13(20(9)27)22(29)30)17(18-15(24)3-4-16(25)19(18)26)12-6-10(2)21(28)14(8-12)23(31)32/h3-8,27H,1-2H3,(H,29,30)(H,31,32)/b17-12+. The Kier molecular flexibility index (Phi) is 6.51. The maximum absolute atomic E-state index is 12.3. The van der Waals surface area contributed by atoms with Gasteiger partial charge in [0.15, 0.2) is 5.78 Å². The summed E-state index contributed by atoms with van der Waals surface area (Å²) in [6, 6.07) is 5.69. The van der Waals surface area contributed by atoms with Crippen LogP contribution in [0.2, 0.25) is 15.1 Å². The summed E-state index contributed by atoms with van der Waals surface area (Å²) in [6.45, 7) is 2.97. The van der Waals surface area contributed by atoms with Crippen molar-refractivity contribution in [2.45, 2.75) is 13.8 Å². The number of ketones is 1. The molecule has 1 aliphatic carbocycles. The first-order chi connectivity index (χ1) is 14.9. The summed E-state index contributed by atoms with van der Waals surface area (Å²) < 4.78 is 0. The van der Waals surface area contributed by atoms with Crippen LogP contribution in [0.3, 0.4) is 0 Å². The van der Waals surface area contributed by atoms with Crippen LogP contribution in [-0.4, -0.2) is 33.0 Å². The number of hydrogen-bond acceptors (Lipinski definition) is 4. The van der Waals surface area contributed by atoms with E-state index in [-0.39, 0.29) is 54.0 Å². The Hall–Kier alpha value is -3.06. The topological polar surface area (TPSA) is 112 Å². The number of aliphatic carboxylic acids is 1. The van der Waals surface area contributed by atoms with Crippen molar-refractivity contribution >= 4 is 58.1 Å². The van der Waals surface area contributed by atoms with E-state index >= 15 is 0 Å². The molecule has 0 unspecified atom stereocenters. The Balaban J connectivity index is 2.53. The van der Waals surface area contributed by atoms with Gasteiger partial charge in [-0.3, -0.25) is 4.79 Å². The molecule has 0 fully saturated rings. The number of Topliss-reactive ketones (excluding diaryl/α,β-unsaturated/α-hetero) is 1. The maximum Gasteiger partial charge on any atom is 0.339 e. The number of aromatic hydroxyl groups is 1. The highest BCUT2D eigenvalue weighted by Gasteiger charge is 2.27. The Labute approximate surface area is 197 Å². The van der Waals surface area contributed by atoms with E-state index in [1.165, 1.54) is 50.3 Å². The molecule has 0 saturated carbocycles. The predicted molar refractivity (Wildman–Crippen MR) is 122 cm³/mol. The van der Waals surface area contributed by atoms with Crippen molar-refractivity contribution in [1.29, 1.82) is 0 Å². The molecule has 0 spiro atoms. The summed E-state index contributed by atoms with van der Waals surface area (Å²) in [5.74, 6) is -3.86. The molecular weight excluding hydrogens is 479 g/mol. The number of carbonyl (C=O) groups is 3. The first kappa shape index (κ1) is 23.6. The molecule has 2 aromatic carbocycles. The van der Waals surface area contributed by atoms with Gasteiger partial charge < -0.3 is 15.3 Å². The smallest absolute Gasteiger partial charge is 0.339 e. The molecule has 0 heterocycles. The van der Waals surface area contributed by atoms with E-state index in [9.17, 15) is 29.7 Å². The van der Waals surface area contributed by atoms with Crippen molar-refractivity contribution in [2.75, 3.05) is 0 Å². The molecule has 0 aromatic heterocycles. The molecule has 0 amide bonds. The highest BCUT2D eigenvalue weighted by Crippen LogP contribution is 2.43. The van der Waals surface area contributed by atoms with Crippen molar-refractivity contribution in [1.82, 2.24) is 0 Å². The van der Waals surface area contributed by atoms with Gasteiger partial charge in [0.2, 0.25) is 0 Å². The Morgan fingerprint density at radius 3 is 2.12 bits per heavy atom. The Morgan fingerprint density at radius 1 is 0.906 bits per heavy atom. The molecule has 3 N–H and O–H groups in total. The van der Waals surface area contributed by atoms with Gasteiger partial charge in [-0.2, -0.15) is 0 Å². The lowest BCUT2D eigenvalue weighted by Crippen LogP contribution is -2.17. The first-order valence-electron chi connectivity index (χ1n) is 9.07. The molecule has 0 radical (unpaired) electrons. The number of carboxylic acid groups (broad SMARTS) is 2. The van der Waals surface area contributed by atoms with Gasteiger partial charge in [-0.05, 0) is 78.1 Å². The summed E-state index contributed by atoms with van der Waals surface area (Å²) in [4.78, 5) is 35.7. The monoisotopic (exact) mass is 492 g/mol. The lowest BCUT2D eigenvalue weighted by atomic mass is 9.85. The number of aromatic carboxylic acids is 1. The van der Waals surface area contributed by atoms with E-state index in [0.29, 0.717) is 0 Å². The van der Waals surface area contributed by atoms with Gasteiger partial charge in [0, 0.05) is 5.56 Å². The third-order valence-corrected chi connectivity index (χ3v) is 6.03. The van der Waals surface area contributed by atoms with Crippen LogP contribution in [0.1, 0.15) is 34.0 Å². The van der Waals surface area contributed by atoms with Crippen molar-refractivity contribution in [3.05, 3.63) is 90.5 Å². The van der Waals surface area contributed by atoms with Crippen LogP contribution in [0.5, 0.6) is 5.75 Å². The lowest BCUT2D eigenvalue weighted by molar-refractivity contribution is -0.134. The van der Waals surface area contributed by atoms with E-state index in [0.717, 1.165) is 0 Å². The second-order valence-corrected chi connectivity index (χ2v) is 8.26.